The molecule has 0 saturated carbocycles. The molecule has 2 heterocycles. The van der Waals surface area contributed by atoms with Crippen LogP contribution in [0.5, 0.6) is 0 Å². The van der Waals surface area contributed by atoms with E-state index in [9.17, 15) is 15.2 Å². The molecule has 0 bridgehead atoms. The van der Waals surface area contributed by atoms with Crippen LogP contribution in [0, 0.1) is 10.1 Å². The predicted molar refractivity (Wildman–Crippen MR) is 82.7 cm³/mol. The molecule has 20 heavy (non-hydrogen) atoms. The maximum absolute atomic E-state index is 11.2. The molecule has 5 nitrogen and oxygen atoms in total. The first kappa shape index (κ1) is 15.0. The zero-order chi connectivity index (χ0) is 14.9. The standard InChI is InChI=1S/C13H16N2O3S2/c1-8(11-5-4-6-19-11)14(3)13-10(15(17)18)7-12(20-13)9(2)16/h4-9,16H,1-3H3. The molecule has 0 fully saturated rings. The van der Waals surface area contributed by atoms with Crippen molar-refractivity contribution >= 4 is 33.4 Å². The van der Waals surface area contributed by atoms with Gasteiger partial charge in [-0.25, -0.2) is 0 Å². The molecule has 2 atom stereocenters. The van der Waals surface area contributed by atoms with Crippen LogP contribution < -0.4 is 4.90 Å². The van der Waals surface area contributed by atoms with E-state index < -0.39 is 11.0 Å². The Labute approximate surface area is 125 Å². The Kier molecular flexibility index (Phi) is 4.42. The van der Waals surface area contributed by atoms with Gasteiger partial charge in [0.2, 0.25) is 0 Å². The Morgan fingerprint density at radius 2 is 2.10 bits per heavy atom. The fraction of sp³-hybridized carbons (Fsp3) is 0.385. The second-order valence-corrected chi connectivity index (χ2v) is 6.62. The molecule has 0 aliphatic rings. The van der Waals surface area contributed by atoms with Gasteiger partial charge in [-0.2, -0.15) is 0 Å². The van der Waals surface area contributed by atoms with E-state index in [0.717, 1.165) is 4.88 Å². The molecular formula is C13H16N2O3S2. The summed E-state index contributed by atoms with van der Waals surface area (Å²) < 4.78 is 0. The zero-order valence-electron chi connectivity index (χ0n) is 11.4. The molecule has 0 aliphatic heterocycles. The van der Waals surface area contributed by atoms with Crippen molar-refractivity contribution in [3.63, 3.8) is 0 Å². The average Bonchev–Trinajstić information content (AvgIpc) is 3.05. The van der Waals surface area contributed by atoms with Crippen LogP contribution in [0.25, 0.3) is 0 Å². The molecule has 0 saturated heterocycles. The SMILES string of the molecule is CC(O)c1cc([N+](=O)[O-])c(N(C)C(C)c2cccs2)s1. The summed E-state index contributed by atoms with van der Waals surface area (Å²) in [7, 11) is 1.84. The number of nitrogens with zero attached hydrogens (tertiary/aromatic N) is 2. The van der Waals surface area contributed by atoms with Gasteiger partial charge in [-0.3, -0.25) is 10.1 Å². The van der Waals surface area contributed by atoms with Gasteiger partial charge in [-0.05, 0) is 25.3 Å². The van der Waals surface area contributed by atoms with Gasteiger partial charge in [0.15, 0.2) is 5.00 Å². The number of hydrogen-bond acceptors (Lipinski definition) is 6. The summed E-state index contributed by atoms with van der Waals surface area (Å²) in [5.74, 6) is 0. The van der Waals surface area contributed by atoms with Crippen LogP contribution in [0.4, 0.5) is 10.7 Å². The molecular weight excluding hydrogens is 296 g/mol. The van der Waals surface area contributed by atoms with Crippen LogP contribution in [-0.4, -0.2) is 17.1 Å². The number of rotatable bonds is 5. The molecule has 2 aromatic heterocycles. The maximum atomic E-state index is 11.2. The minimum Gasteiger partial charge on any atom is -0.388 e. The van der Waals surface area contributed by atoms with Crippen molar-refractivity contribution in [2.24, 2.45) is 0 Å². The fourth-order valence-electron chi connectivity index (χ4n) is 1.87. The summed E-state index contributed by atoms with van der Waals surface area (Å²) in [4.78, 5) is 14.4. The highest BCUT2D eigenvalue weighted by Gasteiger charge is 2.26. The van der Waals surface area contributed by atoms with Gasteiger partial charge < -0.3 is 10.0 Å². The van der Waals surface area contributed by atoms with E-state index in [0.29, 0.717) is 9.88 Å². The highest BCUT2D eigenvalue weighted by atomic mass is 32.1. The van der Waals surface area contributed by atoms with Gasteiger partial charge in [0, 0.05) is 22.9 Å². The van der Waals surface area contributed by atoms with Gasteiger partial charge in [0.1, 0.15) is 0 Å². The Hall–Kier alpha value is -1.44. The predicted octanol–water partition coefficient (Wildman–Crippen LogP) is 3.97. The molecule has 7 heteroatoms. The van der Waals surface area contributed by atoms with E-state index >= 15 is 0 Å². The lowest BCUT2D eigenvalue weighted by atomic mass is 10.2. The smallest absolute Gasteiger partial charge is 0.304 e. The average molecular weight is 312 g/mol. The molecule has 108 valence electrons. The topological polar surface area (TPSA) is 66.6 Å². The second kappa shape index (κ2) is 5.90. The van der Waals surface area contributed by atoms with Crippen molar-refractivity contribution in [1.29, 1.82) is 0 Å². The highest BCUT2D eigenvalue weighted by Crippen LogP contribution is 2.42. The maximum Gasteiger partial charge on any atom is 0.304 e. The van der Waals surface area contributed by atoms with Gasteiger partial charge in [0.05, 0.1) is 17.1 Å². The Morgan fingerprint density at radius 3 is 2.60 bits per heavy atom. The minimum atomic E-state index is -0.696. The minimum absolute atomic E-state index is 0.0502. The lowest BCUT2D eigenvalue weighted by Gasteiger charge is -2.24. The number of aliphatic hydroxyl groups excluding tert-OH is 1. The van der Waals surface area contributed by atoms with Crippen LogP contribution >= 0.6 is 22.7 Å². The summed E-state index contributed by atoms with van der Waals surface area (Å²) in [6.07, 6.45) is -0.696. The lowest BCUT2D eigenvalue weighted by Crippen LogP contribution is -2.20. The second-order valence-electron chi connectivity index (χ2n) is 4.57. The molecule has 0 aliphatic carbocycles. The molecule has 2 aromatic rings. The quantitative estimate of drug-likeness (QED) is 0.670. The van der Waals surface area contributed by atoms with Crippen LogP contribution in [0.15, 0.2) is 23.6 Å². The van der Waals surface area contributed by atoms with Gasteiger partial charge >= 0.3 is 5.69 Å². The van der Waals surface area contributed by atoms with Gasteiger partial charge in [-0.1, -0.05) is 6.07 Å². The zero-order valence-corrected chi connectivity index (χ0v) is 13.1. The lowest BCUT2D eigenvalue weighted by molar-refractivity contribution is -0.383. The van der Waals surface area contributed by atoms with E-state index in [4.69, 9.17) is 0 Å². The molecule has 0 aromatic carbocycles. The van der Waals surface area contributed by atoms with Crippen molar-refractivity contribution in [1.82, 2.24) is 0 Å². The molecule has 1 N–H and O–H groups in total. The molecule has 2 unspecified atom stereocenters. The van der Waals surface area contributed by atoms with Crippen molar-refractivity contribution in [2.75, 3.05) is 11.9 Å². The van der Waals surface area contributed by atoms with E-state index in [1.807, 2.05) is 36.4 Å². The van der Waals surface area contributed by atoms with E-state index in [1.165, 1.54) is 17.4 Å². The van der Waals surface area contributed by atoms with Gasteiger partial charge in [-0.15, -0.1) is 22.7 Å². The monoisotopic (exact) mass is 312 g/mol. The fourth-order valence-corrected chi connectivity index (χ4v) is 3.81. The van der Waals surface area contributed by atoms with Crippen LogP contribution in [0.1, 0.15) is 35.7 Å². The normalized spacial score (nSPS) is 14.0. The summed E-state index contributed by atoms with van der Waals surface area (Å²) in [6.45, 7) is 3.62. The first-order chi connectivity index (χ1) is 9.41. The molecule has 0 amide bonds. The van der Waals surface area contributed by atoms with Crippen LogP contribution in [0.3, 0.4) is 0 Å². The summed E-state index contributed by atoms with van der Waals surface area (Å²) >= 11 is 2.89. The van der Waals surface area contributed by atoms with Crippen molar-refractivity contribution in [2.45, 2.75) is 26.0 Å². The Balaban J connectivity index is 2.38. The summed E-state index contributed by atoms with van der Waals surface area (Å²) in [6, 6.07) is 5.49. The number of nitro groups is 1. The third-order valence-electron chi connectivity index (χ3n) is 3.18. The van der Waals surface area contributed by atoms with Gasteiger partial charge in [0.25, 0.3) is 0 Å². The van der Waals surface area contributed by atoms with E-state index in [2.05, 4.69) is 0 Å². The number of anilines is 1. The van der Waals surface area contributed by atoms with Crippen molar-refractivity contribution < 1.29 is 10.0 Å². The largest absolute Gasteiger partial charge is 0.388 e. The molecule has 2 rings (SSSR count). The van der Waals surface area contributed by atoms with E-state index in [-0.39, 0.29) is 11.7 Å². The van der Waals surface area contributed by atoms with E-state index in [1.54, 1.807) is 18.3 Å². The Bertz CT molecular complexity index is 593. The first-order valence-corrected chi connectivity index (χ1v) is 7.83. The first-order valence-electron chi connectivity index (χ1n) is 6.14. The molecule has 0 spiro atoms. The van der Waals surface area contributed by atoms with Crippen molar-refractivity contribution in [3.8, 4) is 0 Å². The number of thiophene rings is 2. The summed E-state index contributed by atoms with van der Waals surface area (Å²) in [5.41, 5.74) is 0.0526. The summed E-state index contributed by atoms with van der Waals surface area (Å²) in [5, 5.41) is 23.4. The Morgan fingerprint density at radius 1 is 1.40 bits per heavy atom. The number of aliphatic hydroxyl groups is 1. The van der Waals surface area contributed by atoms with Crippen molar-refractivity contribution in [3.05, 3.63) is 43.4 Å². The highest BCUT2D eigenvalue weighted by molar-refractivity contribution is 7.16. The number of hydrogen-bond donors (Lipinski definition) is 1. The third-order valence-corrected chi connectivity index (χ3v) is 5.61. The van der Waals surface area contributed by atoms with Crippen LogP contribution in [0.2, 0.25) is 0 Å². The molecule has 0 radical (unpaired) electrons. The van der Waals surface area contributed by atoms with Crippen LogP contribution in [-0.2, 0) is 0 Å². The third kappa shape index (κ3) is 2.84.